The molecule has 0 bridgehead atoms. The van der Waals surface area contributed by atoms with Gasteiger partial charge < -0.3 is 57.2 Å². The van der Waals surface area contributed by atoms with E-state index in [0.29, 0.717) is 12.3 Å². The van der Waals surface area contributed by atoms with Crippen LogP contribution >= 0.6 is 0 Å². The van der Waals surface area contributed by atoms with Crippen molar-refractivity contribution in [3.63, 3.8) is 0 Å². The number of carbonyl (C=O) groups excluding carboxylic acids is 5. The number of amides is 4. The molecule has 58 heavy (non-hydrogen) atoms. The number of hydrogen-bond donors (Lipinski definition) is 10. The SMILES string of the molecule is CCC(C)CC(C)CCCCCCCCC(=O)N[C@@H](C[C@@H](O)[C@H](C)N)C(=O)N[C@H](C(=O)N1C[C@H](O)C[C@H]1C(=O)N[C@H](C(C)=O)[C@H](O)[C@@H](O)c1ccc(O)cc1)[C@@H](C)O. The number of aromatic hydroxyl groups is 1. The fraction of sp³-hybridized carbons (Fsp3) is 0.738. The molecule has 1 aromatic rings. The number of likely N-dealkylation sites (tertiary alicyclic amines) is 1. The van der Waals surface area contributed by atoms with E-state index in [1.165, 1.54) is 63.8 Å². The lowest BCUT2D eigenvalue weighted by atomic mass is 9.91. The lowest BCUT2D eigenvalue weighted by molar-refractivity contribution is -0.145. The van der Waals surface area contributed by atoms with Crippen LogP contribution in [0.2, 0.25) is 0 Å². The van der Waals surface area contributed by atoms with Crippen LogP contribution in [0, 0.1) is 11.8 Å². The minimum atomic E-state index is -1.84. The summed E-state index contributed by atoms with van der Waals surface area (Å²) in [6.45, 7) is 10.3. The van der Waals surface area contributed by atoms with Crippen molar-refractivity contribution in [1.82, 2.24) is 20.9 Å². The third kappa shape index (κ3) is 16.5. The molecule has 12 atom stereocenters. The number of hydrogen-bond acceptors (Lipinski definition) is 12. The first kappa shape index (κ1) is 50.5. The number of benzene rings is 1. The Kier molecular flexibility index (Phi) is 21.8. The van der Waals surface area contributed by atoms with Gasteiger partial charge in [-0.2, -0.15) is 0 Å². The van der Waals surface area contributed by atoms with Crippen molar-refractivity contribution in [2.75, 3.05) is 6.54 Å². The van der Waals surface area contributed by atoms with Crippen molar-refractivity contribution in [3.8, 4) is 5.75 Å². The number of phenols is 1. The minimum absolute atomic E-state index is 0.0967. The standard InChI is InChI=1S/C42H71N5O11/c1-7-24(2)20-25(3)14-12-10-8-9-11-13-15-35(53)44-32(22-34(52)26(4)43)40(56)46-37(28(6)49)42(58)47-23-31(51)21-33(47)41(57)45-36(27(5)48)39(55)38(54)29-16-18-30(50)19-17-29/h16-19,24-26,28,31-34,36-39,49-52,54-55H,7-15,20-23,43H2,1-6H3,(H,44,53)(H,45,57)(H,46,56)/t24?,25?,26-,28+,31+,32-,33-,34+,36+,37-,38-,39-/m0/s1. The van der Waals surface area contributed by atoms with Crippen molar-refractivity contribution in [1.29, 1.82) is 0 Å². The molecule has 4 amide bonds. The maximum Gasteiger partial charge on any atom is 0.248 e. The number of phenolic OH excluding ortho intramolecular Hbond substituents is 1. The first-order valence-electron chi connectivity index (χ1n) is 20.9. The second kappa shape index (κ2) is 25.1. The van der Waals surface area contributed by atoms with Gasteiger partial charge in [0.2, 0.25) is 23.6 Å². The van der Waals surface area contributed by atoms with E-state index in [0.717, 1.165) is 43.4 Å². The van der Waals surface area contributed by atoms with E-state index < -0.39 is 90.1 Å². The van der Waals surface area contributed by atoms with Gasteiger partial charge in [-0.15, -0.1) is 0 Å². The first-order valence-corrected chi connectivity index (χ1v) is 20.9. The zero-order chi connectivity index (χ0) is 43.7. The van der Waals surface area contributed by atoms with Crippen LogP contribution in [-0.4, -0.2) is 126 Å². The number of β-amino-alcohol motifs (C(OH)–C–C–N with tert-alkyl or cyclic N) is 1. The summed E-state index contributed by atoms with van der Waals surface area (Å²) in [6, 6.07) is -1.61. The molecule has 0 aromatic heterocycles. The van der Waals surface area contributed by atoms with Gasteiger partial charge in [-0.05, 0) is 63.1 Å². The van der Waals surface area contributed by atoms with Crippen LogP contribution < -0.4 is 21.7 Å². The lowest BCUT2D eigenvalue weighted by Gasteiger charge is -2.32. The van der Waals surface area contributed by atoms with Gasteiger partial charge in [-0.25, -0.2) is 0 Å². The molecule has 2 rings (SSSR count). The largest absolute Gasteiger partial charge is 0.508 e. The van der Waals surface area contributed by atoms with E-state index in [4.69, 9.17) is 5.73 Å². The number of aliphatic hydroxyl groups excluding tert-OH is 5. The van der Waals surface area contributed by atoms with Gasteiger partial charge in [-0.1, -0.05) is 77.8 Å². The van der Waals surface area contributed by atoms with Gasteiger partial charge in [0.05, 0.1) is 18.3 Å². The number of unbranched alkanes of at least 4 members (excludes halogenated alkanes) is 5. The van der Waals surface area contributed by atoms with Gasteiger partial charge in [-0.3, -0.25) is 24.0 Å². The van der Waals surface area contributed by atoms with E-state index in [1.54, 1.807) is 0 Å². The van der Waals surface area contributed by atoms with Crippen molar-refractivity contribution in [2.45, 2.75) is 179 Å². The second-order valence-electron chi connectivity index (χ2n) is 16.5. The van der Waals surface area contributed by atoms with Crippen molar-refractivity contribution in [3.05, 3.63) is 29.8 Å². The summed E-state index contributed by atoms with van der Waals surface area (Å²) in [5, 5.41) is 70.4. The summed E-state index contributed by atoms with van der Waals surface area (Å²) in [5.41, 5.74) is 6.00. The number of carbonyl (C=O) groups is 5. The highest BCUT2D eigenvalue weighted by molar-refractivity contribution is 5.96. The van der Waals surface area contributed by atoms with Crippen LogP contribution in [0.5, 0.6) is 5.75 Å². The summed E-state index contributed by atoms with van der Waals surface area (Å²) >= 11 is 0. The molecule has 16 heteroatoms. The topological polar surface area (TPSA) is 272 Å². The molecule has 1 saturated heterocycles. The highest BCUT2D eigenvalue weighted by atomic mass is 16.3. The van der Waals surface area contributed by atoms with Crippen LogP contribution in [0.3, 0.4) is 0 Å². The number of rotatable bonds is 26. The molecule has 16 nitrogen and oxygen atoms in total. The smallest absolute Gasteiger partial charge is 0.248 e. The van der Waals surface area contributed by atoms with Gasteiger partial charge in [0.25, 0.3) is 0 Å². The number of Topliss-reactive ketones (excluding diaryl/α,β-unsaturated/α-hetero) is 1. The minimum Gasteiger partial charge on any atom is -0.508 e. The molecule has 1 fully saturated rings. The van der Waals surface area contributed by atoms with Gasteiger partial charge >= 0.3 is 0 Å². The number of nitrogens with zero attached hydrogens (tertiary/aromatic N) is 1. The Labute approximate surface area is 343 Å². The van der Waals surface area contributed by atoms with E-state index in [-0.39, 0.29) is 37.1 Å². The summed E-state index contributed by atoms with van der Waals surface area (Å²) in [5.74, 6) is -2.59. The number of aliphatic hydroxyl groups is 5. The highest BCUT2D eigenvalue weighted by Gasteiger charge is 2.45. The predicted octanol–water partition coefficient (Wildman–Crippen LogP) is 1.46. The average Bonchev–Trinajstić information content (AvgIpc) is 3.57. The van der Waals surface area contributed by atoms with Crippen LogP contribution in [0.15, 0.2) is 24.3 Å². The zero-order valence-corrected chi connectivity index (χ0v) is 35.2. The Bertz CT molecular complexity index is 1440. The molecular formula is C42H71N5O11. The molecule has 11 N–H and O–H groups in total. The first-order chi connectivity index (χ1) is 27.3. The fourth-order valence-electron chi connectivity index (χ4n) is 7.27. The van der Waals surface area contributed by atoms with Gasteiger partial charge in [0, 0.05) is 31.8 Å². The van der Waals surface area contributed by atoms with Gasteiger partial charge in [0.15, 0.2) is 5.78 Å². The van der Waals surface area contributed by atoms with Crippen LogP contribution in [0.25, 0.3) is 0 Å². The Balaban J connectivity index is 2.07. The molecule has 1 heterocycles. The van der Waals surface area contributed by atoms with Crippen molar-refractivity contribution >= 4 is 29.4 Å². The van der Waals surface area contributed by atoms with Gasteiger partial charge in [0.1, 0.15) is 42.1 Å². The third-order valence-electron chi connectivity index (χ3n) is 11.1. The molecule has 0 radical (unpaired) electrons. The van der Waals surface area contributed by atoms with Crippen molar-refractivity contribution < 1.29 is 54.6 Å². The summed E-state index contributed by atoms with van der Waals surface area (Å²) < 4.78 is 0. The molecule has 2 unspecified atom stereocenters. The normalized spacial score (nSPS) is 20.7. The molecular weight excluding hydrogens is 750 g/mol. The number of nitrogens with one attached hydrogen (secondary N) is 3. The van der Waals surface area contributed by atoms with E-state index >= 15 is 0 Å². The Hall–Kier alpha value is -3.67. The average molecular weight is 822 g/mol. The van der Waals surface area contributed by atoms with E-state index in [2.05, 4.69) is 36.7 Å². The molecule has 1 aromatic carbocycles. The molecule has 330 valence electrons. The van der Waals surface area contributed by atoms with E-state index in [9.17, 15) is 54.6 Å². The Morgan fingerprint density at radius 1 is 0.828 bits per heavy atom. The maximum absolute atomic E-state index is 13.9. The second-order valence-corrected chi connectivity index (χ2v) is 16.5. The Morgan fingerprint density at radius 3 is 2.00 bits per heavy atom. The quantitative estimate of drug-likeness (QED) is 0.0596. The summed E-state index contributed by atoms with van der Waals surface area (Å²) in [6.07, 6.45) is 1.56. The molecule has 0 spiro atoms. The van der Waals surface area contributed by atoms with Crippen molar-refractivity contribution in [2.24, 2.45) is 17.6 Å². The molecule has 1 aliphatic rings. The number of nitrogens with two attached hydrogens (primary N) is 1. The molecule has 0 aliphatic carbocycles. The molecule has 1 aliphatic heterocycles. The predicted molar refractivity (Wildman–Crippen MR) is 218 cm³/mol. The molecule has 0 saturated carbocycles. The third-order valence-corrected chi connectivity index (χ3v) is 11.1. The number of ketones is 1. The van der Waals surface area contributed by atoms with E-state index in [1.807, 2.05) is 0 Å². The Morgan fingerprint density at radius 2 is 1.43 bits per heavy atom. The highest BCUT2D eigenvalue weighted by Crippen LogP contribution is 2.25. The zero-order valence-electron chi connectivity index (χ0n) is 35.2. The monoisotopic (exact) mass is 822 g/mol. The van der Waals surface area contributed by atoms with Crippen LogP contribution in [-0.2, 0) is 24.0 Å². The summed E-state index contributed by atoms with van der Waals surface area (Å²) in [4.78, 5) is 67.6. The maximum atomic E-state index is 13.9. The van der Waals surface area contributed by atoms with Crippen LogP contribution in [0.1, 0.15) is 130 Å². The fourth-order valence-corrected chi connectivity index (χ4v) is 7.27. The lowest BCUT2D eigenvalue weighted by Crippen LogP contribution is -2.61. The van der Waals surface area contributed by atoms with Crippen LogP contribution in [0.4, 0.5) is 0 Å². The summed E-state index contributed by atoms with van der Waals surface area (Å²) in [7, 11) is 0.